The van der Waals surface area contributed by atoms with Crippen LogP contribution in [-0.4, -0.2) is 63.2 Å². The Kier molecular flexibility index (Phi) is 8.25. The molecule has 38 heavy (non-hydrogen) atoms. The van der Waals surface area contributed by atoms with Crippen molar-refractivity contribution in [3.63, 3.8) is 0 Å². The molecule has 1 fully saturated rings. The number of imidazole rings is 1. The number of nitrogens with one attached hydrogen (secondary N) is 3. The number of rotatable bonds is 10. The quantitative estimate of drug-likeness (QED) is 0.289. The number of benzene rings is 1. The van der Waals surface area contributed by atoms with Crippen LogP contribution < -0.4 is 10.6 Å². The molecule has 0 atom stereocenters. The zero-order chi connectivity index (χ0) is 27.1. The third-order valence-corrected chi connectivity index (χ3v) is 5.77. The number of aromatic amines is 1. The van der Waals surface area contributed by atoms with Crippen molar-refractivity contribution in [1.82, 2.24) is 25.3 Å². The SMILES string of the molecule is CC1(C(=O)NCCC#N)COC(c2nc(-c3ccc(F)cc3)c(-c3ccnc(NCCC(=O)O)n3)[nH]2)OC1. The lowest BCUT2D eigenvalue weighted by molar-refractivity contribution is -0.231. The number of carbonyl (C=O) groups excluding carboxylic acids is 1. The van der Waals surface area contributed by atoms with Gasteiger partial charge in [-0.25, -0.2) is 19.3 Å². The van der Waals surface area contributed by atoms with Gasteiger partial charge < -0.3 is 30.2 Å². The van der Waals surface area contributed by atoms with E-state index in [1.54, 1.807) is 25.1 Å². The first-order chi connectivity index (χ1) is 18.3. The van der Waals surface area contributed by atoms with E-state index in [1.807, 2.05) is 6.07 Å². The number of aliphatic carboxylic acids is 1. The van der Waals surface area contributed by atoms with E-state index in [0.29, 0.717) is 28.5 Å². The summed E-state index contributed by atoms with van der Waals surface area (Å²) in [6.07, 6.45) is 0.712. The van der Waals surface area contributed by atoms with Crippen LogP contribution in [0.5, 0.6) is 0 Å². The van der Waals surface area contributed by atoms with E-state index in [9.17, 15) is 14.0 Å². The number of nitrogens with zero attached hydrogens (tertiary/aromatic N) is 4. The molecule has 0 saturated carbocycles. The summed E-state index contributed by atoms with van der Waals surface area (Å²) in [5.74, 6) is -1.07. The zero-order valence-corrected chi connectivity index (χ0v) is 20.5. The molecule has 3 heterocycles. The summed E-state index contributed by atoms with van der Waals surface area (Å²) in [5, 5.41) is 23.1. The van der Waals surface area contributed by atoms with Gasteiger partial charge in [0.25, 0.3) is 0 Å². The third-order valence-electron chi connectivity index (χ3n) is 5.77. The number of H-pyrrole nitrogens is 1. The zero-order valence-electron chi connectivity index (χ0n) is 20.5. The van der Waals surface area contributed by atoms with Crippen LogP contribution in [0.2, 0.25) is 0 Å². The minimum Gasteiger partial charge on any atom is -0.481 e. The highest BCUT2D eigenvalue weighted by molar-refractivity contribution is 5.82. The van der Waals surface area contributed by atoms with E-state index in [2.05, 4.69) is 30.6 Å². The van der Waals surface area contributed by atoms with Crippen LogP contribution in [0.3, 0.4) is 0 Å². The van der Waals surface area contributed by atoms with Crippen molar-refractivity contribution in [3.05, 3.63) is 48.2 Å². The smallest absolute Gasteiger partial charge is 0.305 e. The van der Waals surface area contributed by atoms with E-state index in [4.69, 9.17) is 19.8 Å². The van der Waals surface area contributed by atoms with Crippen LogP contribution >= 0.6 is 0 Å². The summed E-state index contributed by atoms with van der Waals surface area (Å²) in [4.78, 5) is 39.8. The molecule has 1 aliphatic heterocycles. The van der Waals surface area contributed by atoms with Gasteiger partial charge >= 0.3 is 5.97 Å². The first-order valence-corrected chi connectivity index (χ1v) is 11.8. The van der Waals surface area contributed by atoms with Crippen molar-refractivity contribution in [2.75, 3.05) is 31.6 Å². The minimum atomic E-state index is -0.950. The molecule has 4 rings (SSSR count). The molecule has 3 aromatic rings. The standard InChI is InChI=1S/C25H26FN7O5/c1-25(23(36)28-10-2-9-27)13-37-22(38-14-25)21-32-19(15-3-5-16(26)6-4-15)20(33-21)17-7-11-29-24(31-17)30-12-8-18(34)35/h3-7,11,22H,2,8,10,12-14H2,1H3,(H,28,36)(H,32,33)(H,34,35)(H,29,30,31). The number of carboxylic acids is 1. The fraction of sp³-hybridized carbons (Fsp3) is 0.360. The van der Waals surface area contributed by atoms with E-state index in [1.165, 1.54) is 18.3 Å². The van der Waals surface area contributed by atoms with E-state index >= 15 is 0 Å². The lowest BCUT2D eigenvalue weighted by atomic mass is 9.91. The Morgan fingerprint density at radius 1 is 1.21 bits per heavy atom. The predicted octanol–water partition coefficient (Wildman–Crippen LogP) is 2.64. The first-order valence-electron chi connectivity index (χ1n) is 11.8. The molecule has 0 aliphatic carbocycles. The summed E-state index contributed by atoms with van der Waals surface area (Å²) >= 11 is 0. The molecule has 4 N–H and O–H groups in total. The van der Waals surface area contributed by atoms with Crippen LogP contribution in [0.1, 0.15) is 31.9 Å². The second-order valence-corrected chi connectivity index (χ2v) is 8.87. The van der Waals surface area contributed by atoms with Gasteiger partial charge in [0.2, 0.25) is 18.1 Å². The maximum Gasteiger partial charge on any atom is 0.305 e. The number of amides is 1. The average Bonchev–Trinajstić information content (AvgIpc) is 3.35. The highest BCUT2D eigenvalue weighted by Crippen LogP contribution is 2.35. The van der Waals surface area contributed by atoms with Crippen LogP contribution in [0.25, 0.3) is 22.6 Å². The van der Waals surface area contributed by atoms with Crippen molar-refractivity contribution < 1.29 is 28.6 Å². The van der Waals surface area contributed by atoms with Gasteiger partial charge in [-0.15, -0.1) is 0 Å². The topological polar surface area (TPSA) is 175 Å². The van der Waals surface area contributed by atoms with E-state index in [0.717, 1.165) is 0 Å². The molecule has 1 saturated heterocycles. The number of anilines is 1. The van der Waals surface area contributed by atoms with Crippen molar-refractivity contribution >= 4 is 17.8 Å². The van der Waals surface area contributed by atoms with Gasteiger partial charge in [-0.2, -0.15) is 5.26 Å². The molecule has 13 heteroatoms. The second kappa shape index (κ2) is 11.8. The van der Waals surface area contributed by atoms with Gasteiger partial charge in [0.15, 0.2) is 5.82 Å². The van der Waals surface area contributed by atoms with Gasteiger partial charge in [-0.05, 0) is 37.3 Å². The summed E-state index contributed by atoms with van der Waals surface area (Å²) in [5.41, 5.74) is 1.08. The highest BCUT2D eigenvalue weighted by Gasteiger charge is 2.40. The monoisotopic (exact) mass is 523 g/mol. The molecular formula is C25H26FN7O5. The van der Waals surface area contributed by atoms with Gasteiger partial charge in [-0.3, -0.25) is 9.59 Å². The van der Waals surface area contributed by atoms with Crippen molar-refractivity contribution in [1.29, 1.82) is 5.26 Å². The van der Waals surface area contributed by atoms with Crippen molar-refractivity contribution in [2.45, 2.75) is 26.1 Å². The largest absolute Gasteiger partial charge is 0.481 e. The Hall–Kier alpha value is -4.41. The Balaban J connectivity index is 1.58. The maximum atomic E-state index is 13.6. The lowest BCUT2D eigenvalue weighted by Gasteiger charge is -2.35. The molecule has 0 spiro atoms. The van der Waals surface area contributed by atoms with Gasteiger partial charge in [0.1, 0.15) is 5.82 Å². The normalized spacial score (nSPS) is 18.9. The minimum absolute atomic E-state index is 0.0587. The number of nitriles is 1. The third kappa shape index (κ3) is 6.28. The Morgan fingerprint density at radius 2 is 1.95 bits per heavy atom. The maximum absolute atomic E-state index is 13.6. The van der Waals surface area contributed by atoms with Crippen LogP contribution in [-0.2, 0) is 19.1 Å². The molecule has 1 amide bonds. The number of carboxylic acid groups (broad SMARTS) is 1. The summed E-state index contributed by atoms with van der Waals surface area (Å²) in [6.45, 7) is 2.21. The fourth-order valence-corrected chi connectivity index (χ4v) is 3.71. The Bertz CT molecular complexity index is 1330. The molecule has 0 radical (unpaired) electrons. The first kappa shape index (κ1) is 26.6. The number of aromatic nitrogens is 4. The van der Waals surface area contributed by atoms with Crippen LogP contribution in [0.4, 0.5) is 10.3 Å². The Labute approximate surface area is 217 Å². The van der Waals surface area contributed by atoms with Crippen molar-refractivity contribution in [3.8, 4) is 28.7 Å². The van der Waals surface area contributed by atoms with Crippen LogP contribution in [0, 0.1) is 22.6 Å². The van der Waals surface area contributed by atoms with Gasteiger partial charge in [-0.1, -0.05) is 0 Å². The fourth-order valence-electron chi connectivity index (χ4n) is 3.71. The summed E-state index contributed by atoms with van der Waals surface area (Å²) in [7, 11) is 0. The van der Waals surface area contributed by atoms with E-state index in [-0.39, 0.29) is 51.0 Å². The molecule has 1 aliphatic rings. The predicted molar refractivity (Wildman–Crippen MR) is 132 cm³/mol. The molecule has 1 aromatic carbocycles. The highest BCUT2D eigenvalue weighted by atomic mass is 19.1. The van der Waals surface area contributed by atoms with Gasteiger partial charge in [0, 0.05) is 24.8 Å². The Morgan fingerprint density at radius 3 is 2.63 bits per heavy atom. The molecule has 0 bridgehead atoms. The average molecular weight is 524 g/mol. The molecule has 12 nitrogen and oxygen atoms in total. The molecule has 0 unspecified atom stereocenters. The summed E-state index contributed by atoms with van der Waals surface area (Å²) in [6, 6.07) is 9.42. The number of hydrogen-bond donors (Lipinski definition) is 4. The number of halogens is 1. The van der Waals surface area contributed by atoms with Crippen molar-refractivity contribution in [2.24, 2.45) is 5.41 Å². The van der Waals surface area contributed by atoms with Crippen LogP contribution in [0.15, 0.2) is 36.5 Å². The molecular weight excluding hydrogens is 497 g/mol. The summed E-state index contributed by atoms with van der Waals surface area (Å²) < 4.78 is 25.3. The second-order valence-electron chi connectivity index (χ2n) is 8.87. The number of hydrogen-bond acceptors (Lipinski definition) is 9. The lowest BCUT2D eigenvalue weighted by Crippen LogP contribution is -2.48. The number of ether oxygens (including phenoxy) is 2. The molecule has 2 aromatic heterocycles. The van der Waals surface area contributed by atoms with E-state index < -0.39 is 23.5 Å². The van der Waals surface area contributed by atoms with Gasteiger partial charge in [0.05, 0.1) is 54.6 Å². The molecule has 198 valence electrons. The number of carbonyl (C=O) groups is 2.